The monoisotopic (exact) mass is 318 g/mol. The molecule has 0 saturated carbocycles. The van der Waals surface area contributed by atoms with E-state index in [4.69, 9.17) is 10.5 Å². The van der Waals surface area contributed by atoms with Crippen molar-refractivity contribution >= 4 is 23.0 Å². The fourth-order valence-corrected chi connectivity index (χ4v) is 2.77. The smallest absolute Gasteiger partial charge is 0.258 e. The van der Waals surface area contributed by atoms with Crippen LogP contribution in [0.5, 0.6) is 0 Å². The molecule has 0 atom stereocenters. The first-order valence-corrected chi connectivity index (χ1v) is 6.61. The minimum atomic E-state index is -0.931. The summed E-state index contributed by atoms with van der Waals surface area (Å²) in [6.07, 6.45) is 1.50. The van der Waals surface area contributed by atoms with Gasteiger partial charge in [-0.3, -0.25) is 20.2 Å². The number of nitro groups is 2. The van der Waals surface area contributed by atoms with Gasteiger partial charge < -0.3 is 0 Å². The standard InChI is InChI=1S/C16H6N4O4/c17-7-10(8-18)12-6-13-11-4-2-1-3-9(11)5-14(13)16(20(23)24)15(12)19(21)22/h1-6H. The van der Waals surface area contributed by atoms with E-state index in [2.05, 4.69) is 0 Å². The van der Waals surface area contributed by atoms with Crippen molar-refractivity contribution in [3.05, 3.63) is 66.6 Å². The highest BCUT2D eigenvalue weighted by molar-refractivity contribution is 5.88. The van der Waals surface area contributed by atoms with Crippen molar-refractivity contribution in [1.82, 2.24) is 0 Å². The Labute approximate surface area is 134 Å². The molecule has 8 heteroatoms. The van der Waals surface area contributed by atoms with E-state index in [1.54, 1.807) is 36.4 Å². The summed E-state index contributed by atoms with van der Waals surface area (Å²) in [5.74, 6) is 0. The predicted octanol–water partition coefficient (Wildman–Crippen LogP) is 1.51. The number of fused-ring (bicyclic) bond motifs is 3. The van der Waals surface area contributed by atoms with Crippen LogP contribution in [0.2, 0.25) is 0 Å². The Bertz CT molecular complexity index is 1120. The average molecular weight is 318 g/mol. The second kappa shape index (κ2) is 5.30. The maximum Gasteiger partial charge on any atom is 0.355 e. The van der Waals surface area contributed by atoms with Crippen molar-refractivity contribution in [2.24, 2.45) is 0 Å². The van der Waals surface area contributed by atoms with Crippen LogP contribution in [0.15, 0.2) is 30.3 Å². The Morgan fingerprint density at radius 2 is 1.58 bits per heavy atom. The number of nitro benzene ring substituents is 2. The van der Waals surface area contributed by atoms with Crippen LogP contribution in [0, 0.1) is 42.9 Å². The molecule has 3 rings (SSSR count). The molecule has 0 bridgehead atoms. The van der Waals surface area contributed by atoms with Crippen molar-refractivity contribution in [2.75, 3.05) is 0 Å². The van der Waals surface area contributed by atoms with Crippen molar-refractivity contribution in [3.8, 4) is 23.3 Å². The van der Waals surface area contributed by atoms with Crippen LogP contribution in [0.25, 0.3) is 22.8 Å². The van der Waals surface area contributed by atoms with Gasteiger partial charge in [0.05, 0.1) is 20.3 Å². The molecule has 2 aromatic carbocycles. The number of nitrogens with zero attached hydrogens (tertiary/aromatic N) is 4. The maximum absolute atomic E-state index is 11.5. The van der Waals surface area contributed by atoms with Gasteiger partial charge in [-0.05, 0) is 28.8 Å². The molecule has 0 spiro atoms. The van der Waals surface area contributed by atoms with E-state index in [-0.39, 0.29) is 10.4 Å². The van der Waals surface area contributed by atoms with Gasteiger partial charge in [-0.15, -0.1) is 0 Å². The zero-order chi connectivity index (χ0) is 17.4. The second-order valence-electron chi connectivity index (χ2n) is 4.93. The number of hydrogen-bond donors (Lipinski definition) is 0. The quantitative estimate of drug-likeness (QED) is 0.519. The summed E-state index contributed by atoms with van der Waals surface area (Å²) in [6.45, 7) is 0. The molecule has 24 heavy (non-hydrogen) atoms. The summed E-state index contributed by atoms with van der Waals surface area (Å²) in [6, 6.07) is 11.3. The summed E-state index contributed by atoms with van der Waals surface area (Å²) in [7, 11) is 0. The van der Waals surface area contributed by atoms with Crippen LogP contribution < -0.4 is 10.4 Å². The van der Waals surface area contributed by atoms with E-state index in [1.165, 1.54) is 12.1 Å². The van der Waals surface area contributed by atoms with Gasteiger partial charge in [0.25, 0.3) is 0 Å². The first-order valence-electron chi connectivity index (χ1n) is 6.61. The highest BCUT2D eigenvalue weighted by Gasteiger charge is 2.33. The minimum absolute atomic E-state index is 0.104. The Morgan fingerprint density at radius 3 is 2.17 bits per heavy atom. The van der Waals surface area contributed by atoms with Gasteiger partial charge in [0.15, 0.2) is 0 Å². The van der Waals surface area contributed by atoms with E-state index >= 15 is 0 Å². The molecule has 0 amide bonds. The number of rotatable bonds is 2. The van der Waals surface area contributed by atoms with Crippen molar-refractivity contribution < 1.29 is 9.85 Å². The van der Waals surface area contributed by atoms with Gasteiger partial charge in [0, 0.05) is 0 Å². The minimum Gasteiger partial charge on any atom is -0.258 e. The molecule has 0 N–H and O–H groups in total. The molecular formula is C16H6N4O4. The van der Waals surface area contributed by atoms with Gasteiger partial charge in [-0.25, -0.2) is 0 Å². The Hall–Kier alpha value is -4.04. The highest BCUT2D eigenvalue weighted by Crippen LogP contribution is 2.31. The fraction of sp³-hybridized carbons (Fsp3) is 0. The normalized spacial score (nSPS) is 10.6. The van der Waals surface area contributed by atoms with Crippen LogP contribution in [-0.4, -0.2) is 9.85 Å². The summed E-state index contributed by atoms with van der Waals surface area (Å²) in [5, 5.41) is 40.8. The summed E-state index contributed by atoms with van der Waals surface area (Å²) >= 11 is 0. The Morgan fingerprint density at radius 1 is 0.958 bits per heavy atom. The summed E-state index contributed by atoms with van der Waals surface area (Å²) in [5.41, 5.74) is -0.384. The first kappa shape index (κ1) is 14.9. The Balaban J connectivity index is 2.65. The molecule has 0 unspecified atom stereocenters. The zero-order valence-corrected chi connectivity index (χ0v) is 11.9. The zero-order valence-electron chi connectivity index (χ0n) is 11.9. The van der Waals surface area contributed by atoms with Crippen LogP contribution in [0.4, 0.5) is 11.4 Å². The molecule has 1 aliphatic carbocycles. The average Bonchev–Trinajstić information content (AvgIpc) is 2.92. The molecule has 114 valence electrons. The molecule has 0 radical (unpaired) electrons. The maximum atomic E-state index is 11.5. The van der Waals surface area contributed by atoms with Gasteiger partial charge >= 0.3 is 11.4 Å². The van der Waals surface area contributed by atoms with Gasteiger partial charge in [0.1, 0.15) is 17.7 Å². The fourth-order valence-electron chi connectivity index (χ4n) is 2.77. The summed E-state index contributed by atoms with van der Waals surface area (Å²) in [4.78, 5) is 21.1. The molecule has 8 nitrogen and oxygen atoms in total. The van der Waals surface area contributed by atoms with Crippen molar-refractivity contribution in [3.63, 3.8) is 0 Å². The number of hydrogen-bond acceptors (Lipinski definition) is 6. The van der Waals surface area contributed by atoms with E-state index < -0.39 is 26.8 Å². The molecule has 0 aliphatic heterocycles. The molecule has 0 heterocycles. The summed E-state index contributed by atoms with van der Waals surface area (Å²) < 4.78 is 0. The third-order valence-corrected chi connectivity index (χ3v) is 3.72. The SMILES string of the molecule is N#CC(C#N)=c1cc2c(c([N+](=O)[O-])c1[N+](=O)[O-])=Cc1ccccc1-2. The van der Waals surface area contributed by atoms with Crippen molar-refractivity contribution in [1.29, 1.82) is 10.5 Å². The van der Waals surface area contributed by atoms with Crippen molar-refractivity contribution in [2.45, 2.75) is 0 Å². The van der Waals surface area contributed by atoms with Crippen LogP contribution in [-0.2, 0) is 0 Å². The number of benzene rings is 2. The lowest BCUT2D eigenvalue weighted by atomic mass is 10.0. The van der Waals surface area contributed by atoms with Crippen LogP contribution in [0.3, 0.4) is 0 Å². The largest absolute Gasteiger partial charge is 0.355 e. The van der Waals surface area contributed by atoms with Crippen LogP contribution >= 0.6 is 0 Å². The lowest BCUT2D eigenvalue weighted by Crippen LogP contribution is -2.21. The molecule has 0 saturated heterocycles. The predicted molar refractivity (Wildman–Crippen MR) is 82.6 cm³/mol. The van der Waals surface area contributed by atoms with Crippen LogP contribution in [0.1, 0.15) is 5.56 Å². The third kappa shape index (κ3) is 1.99. The highest BCUT2D eigenvalue weighted by atomic mass is 16.6. The lowest BCUT2D eigenvalue weighted by Gasteiger charge is -2.02. The van der Waals surface area contributed by atoms with E-state index in [0.29, 0.717) is 16.7 Å². The molecule has 1 aliphatic rings. The number of nitriles is 2. The molecule has 0 fully saturated rings. The van der Waals surface area contributed by atoms with Gasteiger partial charge in [0.2, 0.25) is 0 Å². The lowest BCUT2D eigenvalue weighted by molar-refractivity contribution is -0.423. The third-order valence-electron chi connectivity index (χ3n) is 3.72. The first-order chi connectivity index (χ1) is 11.5. The van der Waals surface area contributed by atoms with E-state index in [1.807, 2.05) is 0 Å². The Kier molecular flexibility index (Phi) is 3.29. The second-order valence-corrected chi connectivity index (χ2v) is 4.93. The molecular weight excluding hydrogens is 312 g/mol. The van der Waals surface area contributed by atoms with Gasteiger partial charge in [-0.2, -0.15) is 10.5 Å². The van der Waals surface area contributed by atoms with E-state index in [0.717, 1.165) is 0 Å². The van der Waals surface area contributed by atoms with Gasteiger partial charge in [-0.1, -0.05) is 24.3 Å². The molecule has 0 aromatic heterocycles. The topological polar surface area (TPSA) is 134 Å². The van der Waals surface area contributed by atoms with E-state index in [9.17, 15) is 20.2 Å². The molecule has 2 aromatic rings.